The van der Waals surface area contributed by atoms with E-state index >= 15 is 0 Å². The smallest absolute Gasteiger partial charge is 0.248 e. The van der Waals surface area contributed by atoms with Gasteiger partial charge >= 0.3 is 0 Å². The summed E-state index contributed by atoms with van der Waals surface area (Å²) in [4.78, 5) is 3.96. The number of halogens is 3. The van der Waals surface area contributed by atoms with Crippen molar-refractivity contribution in [2.45, 2.75) is 37.5 Å². The third-order valence-corrected chi connectivity index (χ3v) is 3.39. The van der Waals surface area contributed by atoms with Crippen molar-refractivity contribution in [3.8, 4) is 0 Å². The fraction of sp³-hybridized carbons (Fsp3) is 0.545. The highest BCUT2D eigenvalue weighted by Crippen LogP contribution is 2.42. The van der Waals surface area contributed by atoms with Crippen LogP contribution < -0.4 is 5.73 Å². The number of anilines is 1. The number of aromatic nitrogens is 1. The van der Waals surface area contributed by atoms with E-state index in [0.717, 1.165) is 5.56 Å². The SMILES string of the molecule is Nc1cc(Cl)c(C2CCC(F)(F)CC2)cn1. The molecule has 2 rings (SSSR count). The molecule has 2 nitrogen and oxygen atoms in total. The summed E-state index contributed by atoms with van der Waals surface area (Å²) in [6.45, 7) is 0. The van der Waals surface area contributed by atoms with Gasteiger partial charge in [0.05, 0.1) is 0 Å². The van der Waals surface area contributed by atoms with Gasteiger partial charge in [-0.15, -0.1) is 0 Å². The Kier molecular flexibility index (Phi) is 3.02. The van der Waals surface area contributed by atoms with Crippen LogP contribution in [0.4, 0.5) is 14.6 Å². The molecular weight excluding hydrogens is 234 g/mol. The number of nitrogen functional groups attached to an aromatic ring is 1. The summed E-state index contributed by atoms with van der Waals surface area (Å²) in [6.07, 6.45) is 2.37. The van der Waals surface area contributed by atoms with E-state index in [0.29, 0.717) is 23.7 Å². The average Bonchev–Trinajstić information content (AvgIpc) is 2.19. The number of hydrogen-bond acceptors (Lipinski definition) is 2. The van der Waals surface area contributed by atoms with Crippen LogP contribution in [0.15, 0.2) is 12.3 Å². The van der Waals surface area contributed by atoms with Gasteiger partial charge in [-0.3, -0.25) is 0 Å². The zero-order valence-electron chi connectivity index (χ0n) is 8.72. The molecule has 1 aliphatic carbocycles. The van der Waals surface area contributed by atoms with Crippen LogP contribution in [0.3, 0.4) is 0 Å². The number of alkyl halides is 2. The second-order valence-electron chi connectivity index (χ2n) is 4.26. The second-order valence-corrected chi connectivity index (χ2v) is 4.67. The Balaban J connectivity index is 2.14. The lowest BCUT2D eigenvalue weighted by Crippen LogP contribution is -2.23. The number of hydrogen-bond donors (Lipinski definition) is 1. The molecule has 0 amide bonds. The molecule has 1 fully saturated rings. The molecule has 0 radical (unpaired) electrons. The van der Waals surface area contributed by atoms with E-state index in [4.69, 9.17) is 17.3 Å². The van der Waals surface area contributed by atoms with Gasteiger partial charge in [0.15, 0.2) is 0 Å². The predicted octanol–water partition coefficient (Wildman–Crippen LogP) is 3.61. The van der Waals surface area contributed by atoms with E-state index < -0.39 is 5.92 Å². The van der Waals surface area contributed by atoms with Gasteiger partial charge in [-0.25, -0.2) is 13.8 Å². The normalized spacial score (nSPS) is 20.9. The molecule has 0 spiro atoms. The minimum atomic E-state index is -2.51. The van der Waals surface area contributed by atoms with Crippen molar-refractivity contribution < 1.29 is 8.78 Å². The van der Waals surface area contributed by atoms with Crippen LogP contribution in [0.25, 0.3) is 0 Å². The Labute approximate surface area is 97.8 Å². The molecule has 1 aromatic heterocycles. The average molecular weight is 247 g/mol. The monoisotopic (exact) mass is 246 g/mol. The van der Waals surface area contributed by atoms with Crippen molar-refractivity contribution in [2.75, 3.05) is 5.73 Å². The molecular formula is C11H13ClF2N2. The van der Waals surface area contributed by atoms with Gasteiger partial charge in [0.25, 0.3) is 0 Å². The van der Waals surface area contributed by atoms with Gasteiger partial charge in [-0.2, -0.15) is 0 Å². The molecule has 16 heavy (non-hydrogen) atoms. The molecule has 1 heterocycles. The summed E-state index contributed by atoms with van der Waals surface area (Å²) < 4.78 is 26.0. The summed E-state index contributed by atoms with van der Waals surface area (Å²) in [7, 11) is 0. The first-order valence-corrected chi connectivity index (χ1v) is 5.64. The van der Waals surface area contributed by atoms with E-state index in [1.54, 1.807) is 12.3 Å². The Morgan fingerprint density at radius 3 is 2.56 bits per heavy atom. The largest absolute Gasteiger partial charge is 0.384 e. The Morgan fingerprint density at radius 2 is 2.00 bits per heavy atom. The van der Waals surface area contributed by atoms with Crippen LogP contribution >= 0.6 is 11.6 Å². The van der Waals surface area contributed by atoms with Crippen molar-refractivity contribution in [1.82, 2.24) is 4.98 Å². The lowest BCUT2D eigenvalue weighted by atomic mass is 9.83. The van der Waals surface area contributed by atoms with Gasteiger partial charge < -0.3 is 5.73 Å². The highest BCUT2D eigenvalue weighted by Gasteiger charge is 2.35. The molecule has 1 saturated carbocycles. The van der Waals surface area contributed by atoms with Crippen molar-refractivity contribution in [3.63, 3.8) is 0 Å². The van der Waals surface area contributed by atoms with Gasteiger partial charge in [-0.05, 0) is 30.4 Å². The first-order valence-electron chi connectivity index (χ1n) is 5.27. The zero-order valence-corrected chi connectivity index (χ0v) is 9.47. The predicted molar refractivity (Wildman–Crippen MR) is 59.8 cm³/mol. The van der Waals surface area contributed by atoms with Gasteiger partial charge in [0.2, 0.25) is 5.92 Å². The topological polar surface area (TPSA) is 38.9 Å². The molecule has 2 N–H and O–H groups in total. The Morgan fingerprint density at radius 1 is 1.38 bits per heavy atom. The maximum absolute atomic E-state index is 13.0. The van der Waals surface area contributed by atoms with E-state index in [2.05, 4.69) is 4.98 Å². The van der Waals surface area contributed by atoms with Crippen molar-refractivity contribution in [1.29, 1.82) is 0 Å². The van der Waals surface area contributed by atoms with Crippen LogP contribution in [-0.4, -0.2) is 10.9 Å². The van der Waals surface area contributed by atoms with Gasteiger partial charge in [0, 0.05) is 24.1 Å². The molecule has 0 atom stereocenters. The van der Waals surface area contributed by atoms with Crippen LogP contribution in [0.5, 0.6) is 0 Å². The highest BCUT2D eigenvalue weighted by molar-refractivity contribution is 6.31. The Hall–Kier alpha value is -0.900. The summed E-state index contributed by atoms with van der Waals surface area (Å²) in [5, 5.41) is 0.530. The maximum Gasteiger partial charge on any atom is 0.248 e. The molecule has 1 aliphatic rings. The quantitative estimate of drug-likeness (QED) is 0.822. The van der Waals surface area contributed by atoms with E-state index in [9.17, 15) is 8.78 Å². The van der Waals surface area contributed by atoms with E-state index in [-0.39, 0.29) is 18.8 Å². The van der Waals surface area contributed by atoms with Crippen LogP contribution in [0, 0.1) is 0 Å². The number of pyridine rings is 1. The van der Waals surface area contributed by atoms with Crippen molar-refractivity contribution in [3.05, 3.63) is 22.8 Å². The molecule has 0 saturated heterocycles. The molecule has 88 valence electrons. The molecule has 0 bridgehead atoms. The third-order valence-electron chi connectivity index (χ3n) is 3.06. The van der Waals surface area contributed by atoms with Crippen molar-refractivity contribution in [2.24, 2.45) is 0 Å². The van der Waals surface area contributed by atoms with Crippen LogP contribution in [0.2, 0.25) is 5.02 Å². The number of rotatable bonds is 1. The Bertz CT molecular complexity index is 386. The molecule has 1 aromatic rings. The fourth-order valence-electron chi connectivity index (χ4n) is 2.11. The zero-order chi connectivity index (χ0) is 11.8. The van der Waals surface area contributed by atoms with E-state index in [1.807, 2.05) is 0 Å². The minimum absolute atomic E-state index is 0.0711. The summed E-state index contributed by atoms with van der Waals surface area (Å²) in [5.41, 5.74) is 6.32. The summed E-state index contributed by atoms with van der Waals surface area (Å²) in [5.74, 6) is -2.07. The maximum atomic E-state index is 13.0. The second kappa shape index (κ2) is 4.17. The standard InChI is InChI=1S/C11H13ClF2N2/c12-9-5-10(15)16-6-8(9)7-1-3-11(13,14)4-2-7/h5-7H,1-4H2,(H2,15,16). The summed E-state index contributed by atoms with van der Waals surface area (Å²) in [6, 6.07) is 1.57. The van der Waals surface area contributed by atoms with Gasteiger partial charge in [-0.1, -0.05) is 11.6 Å². The van der Waals surface area contributed by atoms with Gasteiger partial charge in [0.1, 0.15) is 5.82 Å². The fourth-order valence-corrected chi connectivity index (χ4v) is 2.42. The minimum Gasteiger partial charge on any atom is -0.384 e. The third kappa shape index (κ3) is 2.43. The number of nitrogens with two attached hydrogens (primary N) is 1. The van der Waals surface area contributed by atoms with Crippen LogP contribution in [-0.2, 0) is 0 Å². The lowest BCUT2D eigenvalue weighted by molar-refractivity contribution is -0.0382. The summed E-state index contributed by atoms with van der Waals surface area (Å²) >= 11 is 6.03. The molecule has 0 aromatic carbocycles. The first kappa shape index (κ1) is 11.6. The first-order chi connectivity index (χ1) is 7.48. The lowest BCUT2D eigenvalue weighted by Gasteiger charge is -2.28. The van der Waals surface area contributed by atoms with E-state index in [1.165, 1.54) is 0 Å². The highest BCUT2D eigenvalue weighted by atomic mass is 35.5. The molecule has 0 aliphatic heterocycles. The number of nitrogens with zero attached hydrogens (tertiary/aromatic N) is 1. The molecule has 5 heteroatoms. The van der Waals surface area contributed by atoms with Crippen molar-refractivity contribution >= 4 is 17.4 Å². The van der Waals surface area contributed by atoms with Crippen LogP contribution in [0.1, 0.15) is 37.2 Å². The molecule has 0 unspecified atom stereocenters.